The van der Waals surface area contributed by atoms with Crippen LogP contribution < -0.4 is 15.0 Å². The molecule has 3 aromatic rings. The number of carbonyl (C=O) groups excluding carboxylic acids is 2. The van der Waals surface area contributed by atoms with Crippen LogP contribution in [-0.4, -0.2) is 37.0 Å². The fraction of sp³-hybridized carbons (Fsp3) is 0.231. The van der Waals surface area contributed by atoms with E-state index in [1.807, 2.05) is 53.4 Å². The Morgan fingerprint density at radius 3 is 2.34 bits per heavy atom. The average molecular weight is 430 g/mol. The van der Waals surface area contributed by atoms with Gasteiger partial charge < -0.3 is 15.0 Å². The van der Waals surface area contributed by atoms with Gasteiger partial charge in [-0.15, -0.1) is 0 Å². The maximum absolute atomic E-state index is 13.2. The first-order valence-electron chi connectivity index (χ1n) is 10.8. The minimum absolute atomic E-state index is 0.00147. The number of methoxy groups -OCH3 is 1. The van der Waals surface area contributed by atoms with Gasteiger partial charge in [-0.05, 0) is 55.3 Å². The van der Waals surface area contributed by atoms with Crippen LogP contribution in [0.25, 0.3) is 0 Å². The minimum atomic E-state index is -0.243. The van der Waals surface area contributed by atoms with Gasteiger partial charge in [-0.3, -0.25) is 9.69 Å². The van der Waals surface area contributed by atoms with Gasteiger partial charge in [0.25, 0.3) is 5.91 Å². The van der Waals surface area contributed by atoms with Gasteiger partial charge in [0, 0.05) is 24.5 Å². The number of para-hydroxylation sites is 1. The van der Waals surface area contributed by atoms with Crippen molar-refractivity contribution in [2.75, 3.05) is 30.4 Å². The zero-order chi connectivity index (χ0) is 22.5. The number of benzene rings is 3. The monoisotopic (exact) mass is 429 g/mol. The van der Waals surface area contributed by atoms with Crippen molar-refractivity contribution in [2.24, 2.45) is 0 Å². The highest BCUT2D eigenvalue weighted by Gasteiger charge is 2.30. The minimum Gasteiger partial charge on any atom is -0.496 e. The van der Waals surface area contributed by atoms with E-state index in [0.29, 0.717) is 23.5 Å². The standard InChI is InChI=1S/C26H27N3O3/c1-19(20-9-4-3-5-10-20)28-17-8-18-29(26(28)31)22-15-13-21(14-16-22)27-25(30)23-11-6-7-12-24(23)32-2/h3-7,9-16,19H,8,17-18H2,1-2H3,(H,27,30)/t19-/m1/s1. The molecule has 0 aliphatic carbocycles. The van der Waals surface area contributed by atoms with Crippen LogP contribution in [-0.2, 0) is 0 Å². The van der Waals surface area contributed by atoms with Crippen molar-refractivity contribution in [1.29, 1.82) is 0 Å². The molecular weight excluding hydrogens is 402 g/mol. The molecule has 0 bridgehead atoms. The normalized spacial score (nSPS) is 14.8. The summed E-state index contributed by atoms with van der Waals surface area (Å²) >= 11 is 0. The number of nitrogens with one attached hydrogen (secondary N) is 1. The van der Waals surface area contributed by atoms with Gasteiger partial charge >= 0.3 is 6.03 Å². The van der Waals surface area contributed by atoms with E-state index in [0.717, 1.165) is 24.2 Å². The summed E-state index contributed by atoms with van der Waals surface area (Å²) in [5, 5.41) is 2.89. The molecule has 1 heterocycles. The van der Waals surface area contributed by atoms with Crippen LogP contribution in [0.3, 0.4) is 0 Å². The SMILES string of the molecule is COc1ccccc1C(=O)Nc1ccc(N2CCCN([C@H](C)c3ccccc3)C2=O)cc1. The second-order valence-electron chi connectivity index (χ2n) is 7.77. The first-order valence-corrected chi connectivity index (χ1v) is 10.8. The smallest absolute Gasteiger partial charge is 0.324 e. The Morgan fingerprint density at radius 2 is 1.62 bits per heavy atom. The zero-order valence-electron chi connectivity index (χ0n) is 18.3. The fourth-order valence-electron chi connectivity index (χ4n) is 4.01. The highest BCUT2D eigenvalue weighted by molar-refractivity contribution is 6.06. The molecule has 0 spiro atoms. The first kappa shape index (κ1) is 21.4. The maximum atomic E-state index is 13.2. The van der Waals surface area contributed by atoms with Crippen molar-refractivity contribution in [2.45, 2.75) is 19.4 Å². The van der Waals surface area contributed by atoms with E-state index in [2.05, 4.69) is 24.4 Å². The van der Waals surface area contributed by atoms with Crippen LogP contribution in [0.2, 0.25) is 0 Å². The molecule has 3 amide bonds. The molecule has 1 atom stereocenters. The predicted octanol–water partition coefficient (Wildman–Crippen LogP) is 5.34. The lowest BCUT2D eigenvalue weighted by molar-refractivity contribution is 0.102. The Kier molecular flexibility index (Phi) is 6.40. The first-order chi connectivity index (χ1) is 15.6. The molecule has 6 heteroatoms. The van der Waals surface area contributed by atoms with Crippen LogP contribution >= 0.6 is 0 Å². The summed E-state index contributed by atoms with van der Waals surface area (Å²) in [5.74, 6) is 0.278. The molecule has 6 nitrogen and oxygen atoms in total. The third kappa shape index (κ3) is 4.44. The van der Waals surface area contributed by atoms with E-state index < -0.39 is 0 Å². The molecule has 1 N–H and O–H groups in total. The largest absolute Gasteiger partial charge is 0.496 e. The third-order valence-corrected chi connectivity index (χ3v) is 5.80. The van der Waals surface area contributed by atoms with E-state index in [9.17, 15) is 9.59 Å². The number of nitrogens with zero attached hydrogens (tertiary/aromatic N) is 2. The molecule has 164 valence electrons. The molecule has 1 saturated heterocycles. The van der Waals surface area contributed by atoms with E-state index >= 15 is 0 Å². The Hall–Kier alpha value is -3.80. The van der Waals surface area contributed by atoms with Gasteiger partial charge in [0.05, 0.1) is 18.7 Å². The molecule has 32 heavy (non-hydrogen) atoms. The quantitative estimate of drug-likeness (QED) is 0.575. The lowest BCUT2D eigenvalue weighted by Crippen LogP contribution is -2.50. The molecule has 4 rings (SSSR count). The van der Waals surface area contributed by atoms with Crippen LogP contribution in [0.1, 0.15) is 35.3 Å². The Bertz CT molecular complexity index is 1080. The van der Waals surface area contributed by atoms with Gasteiger partial charge in [-0.1, -0.05) is 42.5 Å². The highest BCUT2D eigenvalue weighted by Crippen LogP contribution is 2.28. The molecule has 3 aromatic carbocycles. The average Bonchev–Trinajstić information content (AvgIpc) is 2.85. The van der Waals surface area contributed by atoms with E-state index in [4.69, 9.17) is 4.74 Å². The Balaban J connectivity index is 1.46. The number of anilines is 2. The number of amides is 3. The molecular formula is C26H27N3O3. The van der Waals surface area contributed by atoms with Gasteiger partial charge in [-0.2, -0.15) is 0 Å². The Labute approximate surface area is 188 Å². The summed E-state index contributed by atoms with van der Waals surface area (Å²) in [6.45, 7) is 3.47. The number of ether oxygens (including phenoxy) is 1. The van der Waals surface area contributed by atoms with Crippen molar-refractivity contribution in [1.82, 2.24) is 4.90 Å². The lowest BCUT2D eigenvalue weighted by atomic mass is 10.1. The maximum Gasteiger partial charge on any atom is 0.324 e. The highest BCUT2D eigenvalue weighted by atomic mass is 16.5. The molecule has 1 aliphatic heterocycles. The number of hydrogen-bond acceptors (Lipinski definition) is 3. The van der Waals surface area contributed by atoms with E-state index in [-0.39, 0.29) is 18.0 Å². The van der Waals surface area contributed by atoms with Crippen LogP contribution in [0.4, 0.5) is 16.2 Å². The molecule has 0 saturated carbocycles. The summed E-state index contributed by atoms with van der Waals surface area (Å²) in [5.41, 5.74) is 3.06. The molecule has 1 aliphatic rings. The summed E-state index contributed by atoms with van der Waals surface area (Å²) in [4.78, 5) is 29.6. The Morgan fingerprint density at radius 1 is 0.938 bits per heavy atom. The van der Waals surface area contributed by atoms with Crippen molar-refractivity contribution in [3.63, 3.8) is 0 Å². The van der Waals surface area contributed by atoms with E-state index in [1.165, 1.54) is 0 Å². The predicted molar refractivity (Wildman–Crippen MR) is 126 cm³/mol. The van der Waals surface area contributed by atoms with Crippen molar-refractivity contribution < 1.29 is 14.3 Å². The number of urea groups is 1. The van der Waals surface area contributed by atoms with Gasteiger partial charge in [0.1, 0.15) is 5.75 Å². The van der Waals surface area contributed by atoms with Gasteiger partial charge in [0.2, 0.25) is 0 Å². The second-order valence-corrected chi connectivity index (χ2v) is 7.77. The molecule has 0 radical (unpaired) electrons. The lowest BCUT2D eigenvalue weighted by Gasteiger charge is -2.39. The van der Waals surface area contributed by atoms with Gasteiger partial charge in [0.15, 0.2) is 0 Å². The molecule has 1 fully saturated rings. The molecule has 0 unspecified atom stereocenters. The summed E-state index contributed by atoms with van der Waals surface area (Å²) in [7, 11) is 1.54. The van der Waals surface area contributed by atoms with Crippen LogP contribution in [0.5, 0.6) is 5.75 Å². The van der Waals surface area contributed by atoms with E-state index in [1.54, 1.807) is 30.2 Å². The summed E-state index contributed by atoms with van der Waals surface area (Å²) < 4.78 is 5.27. The summed E-state index contributed by atoms with van der Waals surface area (Å²) in [6, 6.07) is 24.5. The number of carbonyl (C=O) groups is 2. The summed E-state index contributed by atoms with van der Waals surface area (Å²) in [6.07, 6.45) is 0.898. The van der Waals surface area contributed by atoms with Crippen molar-refractivity contribution in [3.8, 4) is 5.75 Å². The topological polar surface area (TPSA) is 61.9 Å². The van der Waals surface area contributed by atoms with Crippen LogP contribution in [0.15, 0.2) is 78.9 Å². The zero-order valence-corrected chi connectivity index (χ0v) is 18.3. The fourth-order valence-corrected chi connectivity index (χ4v) is 4.01. The second kappa shape index (κ2) is 9.56. The number of hydrogen-bond donors (Lipinski definition) is 1. The van der Waals surface area contributed by atoms with Crippen molar-refractivity contribution >= 4 is 23.3 Å². The molecule has 0 aromatic heterocycles. The number of rotatable bonds is 6. The third-order valence-electron chi connectivity index (χ3n) is 5.80. The van der Waals surface area contributed by atoms with Crippen molar-refractivity contribution in [3.05, 3.63) is 90.0 Å². The van der Waals surface area contributed by atoms with Crippen LogP contribution in [0, 0.1) is 0 Å². The van der Waals surface area contributed by atoms with Gasteiger partial charge in [-0.25, -0.2) is 4.79 Å².